The molecule has 166 valence electrons. The van der Waals surface area contributed by atoms with Gasteiger partial charge in [0, 0.05) is 24.8 Å². The molecule has 1 aromatic carbocycles. The SMILES string of the molecule is CCn1c(=O)n(CC(=O)NCCC2=CCCCC2)c(=O)c2cnc(-c3ccccc3)nc21. The minimum Gasteiger partial charge on any atom is -0.354 e. The molecule has 8 nitrogen and oxygen atoms in total. The Labute approximate surface area is 185 Å². The third kappa shape index (κ3) is 4.54. The summed E-state index contributed by atoms with van der Waals surface area (Å²) in [5, 5.41) is 3.04. The van der Waals surface area contributed by atoms with E-state index in [0.29, 0.717) is 18.9 Å². The Balaban J connectivity index is 1.59. The first kappa shape index (κ1) is 21.7. The molecule has 4 rings (SSSR count). The molecule has 0 saturated carbocycles. The Morgan fingerprint density at radius 1 is 1.12 bits per heavy atom. The van der Waals surface area contributed by atoms with Gasteiger partial charge in [-0.05, 0) is 39.0 Å². The van der Waals surface area contributed by atoms with E-state index in [0.717, 1.165) is 29.4 Å². The fourth-order valence-corrected chi connectivity index (χ4v) is 4.04. The fraction of sp³-hybridized carbons (Fsp3) is 0.375. The van der Waals surface area contributed by atoms with Gasteiger partial charge < -0.3 is 5.32 Å². The topological polar surface area (TPSA) is 98.9 Å². The van der Waals surface area contributed by atoms with Crippen molar-refractivity contribution in [2.45, 2.75) is 52.1 Å². The molecule has 0 atom stereocenters. The fourth-order valence-electron chi connectivity index (χ4n) is 4.04. The van der Waals surface area contributed by atoms with Crippen LogP contribution in [0, 0.1) is 0 Å². The lowest BCUT2D eigenvalue weighted by atomic mass is 9.97. The van der Waals surface area contributed by atoms with Crippen LogP contribution >= 0.6 is 0 Å². The molecule has 1 N–H and O–H groups in total. The first-order valence-electron chi connectivity index (χ1n) is 11.1. The molecular weight excluding hydrogens is 406 g/mol. The van der Waals surface area contributed by atoms with Gasteiger partial charge in [-0.15, -0.1) is 0 Å². The number of carbonyl (C=O) groups is 1. The lowest BCUT2D eigenvalue weighted by Crippen LogP contribution is -2.44. The number of rotatable bonds is 7. The van der Waals surface area contributed by atoms with E-state index in [4.69, 9.17) is 0 Å². The highest BCUT2D eigenvalue weighted by Crippen LogP contribution is 2.19. The van der Waals surface area contributed by atoms with Crippen LogP contribution in [0.3, 0.4) is 0 Å². The molecule has 1 amide bonds. The lowest BCUT2D eigenvalue weighted by molar-refractivity contribution is -0.121. The maximum atomic E-state index is 13.0. The molecule has 32 heavy (non-hydrogen) atoms. The van der Waals surface area contributed by atoms with Crippen molar-refractivity contribution >= 4 is 16.9 Å². The van der Waals surface area contributed by atoms with Gasteiger partial charge in [0.25, 0.3) is 5.56 Å². The molecule has 0 fully saturated rings. The second-order valence-electron chi connectivity index (χ2n) is 7.92. The van der Waals surface area contributed by atoms with Crippen LogP contribution in [0.2, 0.25) is 0 Å². The molecule has 0 radical (unpaired) electrons. The maximum absolute atomic E-state index is 13.0. The van der Waals surface area contributed by atoms with Crippen LogP contribution in [0.4, 0.5) is 0 Å². The first-order chi connectivity index (χ1) is 15.6. The maximum Gasteiger partial charge on any atom is 0.333 e. The van der Waals surface area contributed by atoms with E-state index >= 15 is 0 Å². The summed E-state index contributed by atoms with van der Waals surface area (Å²) in [5.74, 6) is 0.0797. The van der Waals surface area contributed by atoms with E-state index in [1.165, 1.54) is 29.2 Å². The monoisotopic (exact) mass is 433 g/mol. The summed E-state index contributed by atoms with van der Waals surface area (Å²) in [6.07, 6.45) is 9.06. The zero-order valence-corrected chi connectivity index (χ0v) is 18.2. The minimum atomic E-state index is -0.556. The Morgan fingerprint density at radius 2 is 1.94 bits per heavy atom. The Morgan fingerprint density at radius 3 is 2.66 bits per heavy atom. The van der Waals surface area contributed by atoms with Crippen molar-refractivity contribution in [3.63, 3.8) is 0 Å². The third-order valence-electron chi connectivity index (χ3n) is 5.76. The van der Waals surface area contributed by atoms with E-state index < -0.39 is 11.2 Å². The highest BCUT2D eigenvalue weighted by atomic mass is 16.2. The normalized spacial score (nSPS) is 13.7. The molecule has 0 spiro atoms. The number of hydrogen-bond acceptors (Lipinski definition) is 5. The van der Waals surface area contributed by atoms with Gasteiger partial charge in [-0.3, -0.25) is 18.7 Å². The number of aryl methyl sites for hydroxylation is 1. The lowest BCUT2D eigenvalue weighted by Gasteiger charge is -2.14. The van der Waals surface area contributed by atoms with Crippen LogP contribution in [0.5, 0.6) is 0 Å². The number of amides is 1. The van der Waals surface area contributed by atoms with Crippen molar-refractivity contribution in [2.24, 2.45) is 0 Å². The number of allylic oxidation sites excluding steroid dienone is 1. The largest absolute Gasteiger partial charge is 0.354 e. The summed E-state index contributed by atoms with van der Waals surface area (Å²) in [6.45, 7) is 2.29. The summed E-state index contributed by atoms with van der Waals surface area (Å²) in [5.41, 5.74) is 1.32. The average molecular weight is 434 g/mol. The van der Waals surface area contributed by atoms with E-state index in [9.17, 15) is 14.4 Å². The van der Waals surface area contributed by atoms with E-state index in [1.807, 2.05) is 30.3 Å². The van der Waals surface area contributed by atoms with Crippen LogP contribution in [-0.2, 0) is 17.9 Å². The van der Waals surface area contributed by atoms with E-state index in [1.54, 1.807) is 6.92 Å². The minimum absolute atomic E-state index is 0.214. The van der Waals surface area contributed by atoms with Crippen molar-refractivity contribution in [1.29, 1.82) is 0 Å². The molecule has 2 heterocycles. The van der Waals surface area contributed by atoms with Crippen LogP contribution < -0.4 is 16.6 Å². The standard InChI is InChI=1S/C24H27N5O3/c1-2-28-22-19(15-26-21(27-22)18-11-7-4-8-12-18)23(31)29(24(28)32)16-20(30)25-14-13-17-9-5-3-6-10-17/h4,7-9,11-12,15H,2-3,5-6,10,13-14,16H2,1H3,(H,25,30). The predicted octanol–water partition coefficient (Wildman–Crippen LogP) is 2.65. The van der Waals surface area contributed by atoms with Crippen LogP contribution in [-0.4, -0.2) is 31.6 Å². The number of aromatic nitrogens is 4. The molecule has 2 aromatic heterocycles. The molecule has 0 unspecified atom stereocenters. The smallest absolute Gasteiger partial charge is 0.333 e. The average Bonchev–Trinajstić information content (AvgIpc) is 2.83. The molecule has 8 heteroatoms. The zero-order chi connectivity index (χ0) is 22.5. The van der Waals surface area contributed by atoms with Gasteiger partial charge in [0.05, 0.1) is 0 Å². The molecule has 1 aliphatic carbocycles. The molecule has 1 aliphatic rings. The number of nitrogens with one attached hydrogen (secondary N) is 1. The quantitative estimate of drug-likeness (QED) is 0.578. The second kappa shape index (κ2) is 9.72. The molecular formula is C24H27N5O3. The van der Waals surface area contributed by atoms with Gasteiger partial charge in [-0.2, -0.15) is 0 Å². The van der Waals surface area contributed by atoms with E-state index in [-0.39, 0.29) is 23.5 Å². The highest BCUT2D eigenvalue weighted by Gasteiger charge is 2.17. The molecule has 0 aliphatic heterocycles. The highest BCUT2D eigenvalue weighted by molar-refractivity contribution is 5.78. The van der Waals surface area contributed by atoms with Gasteiger partial charge >= 0.3 is 5.69 Å². The second-order valence-corrected chi connectivity index (χ2v) is 7.92. The van der Waals surface area contributed by atoms with Gasteiger partial charge in [0.15, 0.2) is 11.5 Å². The number of nitrogens with zero attached hydrogens (tertiary/aromatic N) is 4. The van der Waals surface area contributed by atoms with Crippen molar-refractivity contribution in [1.82, 2.24) is 24.4 Å². The summed E-state index contributed by atoms with van der Waals surface area (Å²) >= 11 is 0. The third-order valence-corrected chi connectivity index (χ3v) is 5.76. The molecule has 3 aromatic rings. The zero-order valence-electron chi connectivity index (χ0n) is 18.2. The van der Waals surface area contributed by atoms with Crippen molar-refractivity contribution in [2.75, 3.05) is 6.54 Å². The Hall–Kier alpha value is -3.55. The van der Waals surface area contributed by atoms with Gasteiger partial charge in [0.1, 0.15) is 11.9 Å². The number of benzene rings is 1. The first-order valence-corrected chi connectivity index (χ1v) is 11.1. The summed E-state index contributed by atoms with van der Waals surface area (Å²) in [7, 11) is 0. The number of fused-ring (bicyclic) bond motifs is 1. The van der Waals surface area contributed by atoms with Crippen molar-refractivity contribution in [3.8, 4) is 11.4 Å². The summed E-state index contributed by atoms with van der Waals surface area (Å²) in [4.78, 5) is 47.3. The Bertz CT molecular complexity index is 1270. The van der Waals surface area contributed by atoms with Crippen LogP contribution in [0.1, 0.15) is 39.0 Å². The number of hydrogen-bond donors (Lipinski definition) is 1. The predicted molar refractivity (Wildman–Crippen MR) is 123 cm³/mol. The Kier molecular flexibility index (Phi) is 6.58. The van der Waals surface area contributed by atoms with Crippen molar-refractivity contribution in [3.05, 3.63) is 69.0 Å². The van der Waals surface area contributed by atoms with Gasteiger partial charge in [-0.1, -0.05) is 42.0 Å². The van der Waals surface area contributed by atoms with Crippen LogP contribution in [0.25, 0.3) is 22.4 Å². The van der Waals surface area contributed by atoms with Crippen molar-refractivity contribution < 1.29 is 4.79 Å². The van der Waals surface area contributed by atoms with Gasteiger partial charge in [-0.25, -0.2) is 14.8 Å². The molecule has 0 saturated heterocycles. The van der Waals surface area contributed by atoms with Gasteiger partial charge in [0.2, 0.25) is 5.91 Å². The molecule has 0 bridgehead atoms. The summed E-state index contributed by atoms with van der Waals surface area (Å²) < 4.78 is 2.37. The number of carbonyl (C=O) groups excluding carboxylic acids is 1. The summed E-state index contributed by atoms with van der Waals surface area (Å²) in [6, 6.07) is 9.37. The van der Waals surface area contributed by atoms with Crippen LogP contribution in [0.15, 0.2) is 57.8 Å². The van der Waals surface area contributed by atoms with E-state index in [2.05, 4.69) is 21.4 Å².